The van der Waals surface area contributed by atoms with Crippen LogP contribution in [0.4, 0.5) is 4.39 Å². The Balaban J connectivity index is 2.53. The predicted molar refractivity (Wildman–Crippen MR) is 56.3 cm³/mol. The summed E-state index contributed by atoms with van der Waals surface area (Å²) in [6, 6.07) is 4.56. The van der Waals surface area contributed by atoms with Gasteiger partial charge in [-0.2, -0.15) is 0 Å². The van der Waals surface area contributed by atoms with Gasteiger partial charge in [0.1, 0.15) is 11.6 Å². The third-order valence-corrected chi connectivity index (χ3v) is 2.17. The lowest BCUT2D eigenvalue weighted by atomic mass is 10.1. The van der Waals surface area contributed by atoms with Gasteiger partial charge in [0.2, 0.25) is 5.89 Å². The van der Waals surface area contributed by atoms with Crippen molar-refractivity contribution in [2.75, 3.05) is 7.11 Å². The monoisotopic (exact) mass is 222 g/mol. The molecule has 2 aromatic rings. The Labute approximate surface area is 91.9 Å². The molecule has 1 aromatic heterocycles. The van der Waals surface area contributed by atoms with E-state index in [0.717, 1.165) is 0 Å². The number of hydrogen-bond donors (Lipinski definition) is 1. The Morgan fingerprint density at radius 2 is 2.31 bits per heavy atom. The topological polar surface area (TPSA) is 61.3 Å². The number of benzene rings is 1. The van der Waals surface area contributed by atoms with Crippen LogP contribution in [0.25, 0.3) is 11.3 Å². The first kappa shape index (κ1) is 10.6. The quantitative estimate of drug-likeness (QED) is 0.862. The summed E-state index contributed by atoms with van der Waals surface area (Å²) in [5, 5.41) is 0. The second kappa shape index (κ2) is 4.32. The number of hydrogen-bond acceptors (Lipinski definition) is 4. The Bertz CT molecular complexity index is 496. The fraction of sp³-hybridized carbons (Fsp3) is 0.182. The molecule has 16 heavy (non-hydrogen) atoms. The Morgan fingerprint density at radius 1 is 1.50 bits per heavy atom. The molecule has 5 heteroatoms. The standard InChI is InChI=1S/C11H11FN2O2/c1-15-8-4-2-3-7(12)11(8)9-6-14-10(5-13)16-9/h2-4,6H,5,13H2,1H3. The van der Waals surface area contributed by atoms with Crippen molar-refractivity contribution in [1.82, 2.24) is 4.98 Å². The minimum atomic E-state index is -0.418. The van der Waals surface area contributed by atoms with Gasteiger partial charge in [-0.05, 0) is 12.1 Å². The molecule has 0 aliphatic rings. The highest BCUT2D eigenvalue weighted by atomic mass is 19.1. The Kier molecular flexibility index (Phi) is 2.87. The summed E-state index contributed by atoms with van der Waals surface area (Å²) in [5.41, 5.74) is 5.63. The van der Waals surface area contributed by atoms with E-state index in [-0.39, 0.29) is 12.1 Å². The molecule has 2 rings (SSSR count). The number of nitrogens with two attached hydrogens (primary N) is 1. The third-order valence-electron chi connectivity index (χ3n) is 2.17. The molecular weight excluding hydrogens is 211 g/mol. The summed E-state index contributed by atoms with van der Waals surface area (Å²) in [6.07, 6.45) is 1.43. The maximum Gasteiger partial charge on any atom is 0.208 e. The Hall–Kier alpha value is -1.88. The average molecular weight is 222 g/mol. The SMILES string of the molecule is COc1cccc(F)c1-c1cnc(CN)o1. The zero-order valence-electron chi connectivity index (χ0n) is 8.74. The van der Waals surface area contributed by atoms with Crippen LogP contribution in [-0.4, -0.2) is 12.1 Å². The van der Waals surface area contributed by atoms with Crippen LogP contribution in [0.1, 0.15) is 5.89 Å². The van der Waals surface area contributed by atoms with Crippen molar-refractivity contribution >= 4 is 0 Å². The zero-order valence-corrected chi connectivity index (χ0v) is 8.74. The van der Waals surface area contributed by atoms with Crippen LogP contribution in [0.3, 0.4) is 0 Å². The zero-order chi connectivity index (χ0) is 11.5. The van der Waals surface area contributed by atoms with Gasteiger partial charge in [-0.15, -0.1) is 0 Å². The van der Waals surface area contributed by atoms with Gasteiger partial charge in [-0.1, -0.05) is 6.07 Å². The number of halogens is 1. The highest BCUT2D eigenvalue weighted by Gasteiger charge is 2.15. The highest BCUT2D eigenvalue weighted by Crippen LogP contribution is 2.32. The van der Waals surface area contributed by atoms with Crippen LogP contribution in [-0.2, 0) is 6.54 Å². The first-order valence-corrected chi connectivity index (χ1v) is 4.74. The van der Waals surface area contributed by atoms with Gasteiger partial charge < -0.3 is 14.9 Å². The Morgan fingerprint density at radius 3 is 2.94 bits per heavy atom. The summed E-state index contributed by atoms with van der Waals surface area (Å²) >= 11 is 0. The third kappa shape index (κ3) is 1.77. The van der Waals surface area contributed by atoms with E-state index in [0.29, 0.717) is 17.4 Å². The number of aromatic nitrogens is 1. The minimum absolute atomic E-state index is 0.177. The number of nitrogens with zero attached hydrogens (tertiary/aromatic N) is 1. The molecule has 1 heterocycles. The number of methoxy groups -OCH3 is 1. The van der Waals surface area contributed by atoms with Crippen LogP contribution in [0.5, 0.6) is 5.75 Å². The number of rotatable bonds is 3. The van der Waals surface area contributed by atoms with Crippen molar-refractivity contribution in [1.29, 1.82) is 0 Å². The van der Waals surface area contributed by atoms with Gasteiger partial charge >= 0.3 is 0 Å². The molecule has 0 radical (unpaired) electrons. The van der Waals surface area contributed by atoms with Crippen LogP contribution in [0, 0.1) is 5.82 Å². The maximum absolute atomic E-state index is 13.6. The van der Waals surface area contributed by atoms with E-state index >= 15 is 0 Å². The highest BCUT2D eigenvalue weighted by molar-refractivity contribution is 5.65. The average Bonchev–Trinajstić information content (AvgIpc) is 2.76. The van der Waals surface area contributed by atoms with Gasteiger partial charge in [0.05, 0.1) is 25.4 Å². The van der Waals surface area contributed by atoms with E-state index in [1.54, 1.807) is 12.1 Å². The molecule has 0 spiro atoms. The smallest absolute Gasteiger partial charge is 0.208 e. The van der Waals surface area contributed by atoms with E-state index in [2.05, 4.69) is 4.98 Å². The van der Waals surface area contributed by atoms with E-state index in [1.165, 1.54) is 19.4 Å². The molecule has 0 bridgehead atoms. The second-order valence-corrected chi connectivity index (χ2v) is 3.14. The first-order chi connectivity index (χ1) is 7.76. The molecule has 4 nitrogen and oxygen atoms in total. The maximum atomic E-state index is 13.6. The molecule has 0 fully saturated rings. The van der Waals surface area contributed by atoms with Gasteiger partial charge in [0.25, 0.3) is 0 Å². The van der Waals surface area contributed by atoms with Gasteiger partial charge in [-0.25, -0.2) is 9.37 Å². The lowest BCUT2D eigenvalue weighted by Gasteiger charge is -2.05. The normalized spacial score (nSPS) is 10.4. The molecule has 84 valence electrons. The van der Waals surface area contributed by atoms with Gasteiger partial charge in [0, 0.05) is 0 Å². The van der Waals surface area contributed by atoms with Crippen molar-refractivity contribution in [2.24, 2.45) is 5.73 Å². The van der Waals surface area contributed by atoms with E-state index in [1.807, 2.05) is 0 Å². The molecule has 0 aliphatic carbocycles. The number of ether oxygens (including phenoxy) is 1. The summed E-state index contributed by atoms with van der Waals surface area (Å²) in [4.78, 5) is 3.91. The predicted octanol–water partition coefficient (Wildman–Crippen LogP) is 1.95. The van der Waals surface area contributed by atoms with Crippen LogP contribution in [0.2, 0.25) is 0 Å². The van der Waals surface area contributed by atoms with Crippen molar-refractivity contribution in [3.05, 3.63) is 36.1 Å². The molecule has 2 N–H and O–H groups in total. The molecule has 0 saturated heterocycles. The van der Waals surface area contributed by atoms with Crippen molar-refractivity contribution < 1.29 is 13.5 Å². The molecule has 0 unspecified atom stereocenters. The van der Waals surface area contributed by atoms with E-state index in [9.17, 15) is 4.39 Å². The lowest BCUT2D eigenvalue weighted by Crippen LogP contribution is -1.95. The fourth-order valence-electron chi connectivity index (χ4n) is 1.43. The van der Waals surface area contributed by atoms with Crippen LogP contribution in [0.15, 0.2) is 28.8 Å². The lowest BCUT2D eigenvalue weighted by molar-refractivity contribution is 0.410. The first-order valence-electron chi connectivity index (χ1n) is 4.74. The minimum Gasteiger partial charge on any atom is -0.496 e. The van der Waals surface area contributed by atoms with Gasteiger partial charge in [0.15, 0.2) is 5.76 Å². The summed E-state index contributed by atoms with van der Waals surface area (Å²) in [7, 11) is 1.47. The van der Waals surface area contributed by atoms with E-state index < -0.39 is 5.82 Å². The summed E-state index contributed by atoms with van der Waals surface area (Å²) < 4.78 is 24.0. The van der Waals surface area contributed by atoms with Crippen molar-refractivity contribution in [3.8, 4) is 17.1 Å². The second-order valence-electron chi connectivity index (χ2n) is 3.14. The summed E-state index contributed by atoms with van der Waals surface area (Å²) in [6.45, 7) is 0.177. The van der Waals surface area contributed by atoms with E-state index in [4.69, 9.17) is 14.9 Å². The summed E-state index contributed by atoms with van der Waals surface area (Å²) in [5.74, 6) is 0.662. The van der Waals surface area contributed by atoms with Crippen LogP contribution >= 0.6 is 0 Å². The van der Waals surface area contributed by atoms with Crippen LogP contribution < -0.4 is 10.5 Å². The molecule has 0 amide bonds. The van der Waals surface area contributed by atoms with Gasteiger partial charge in [-0.3, -0.25) is 0 Å². The fourth-order valence-corrected chi connectivity index (χ4v) is 1.43. The van der Waals surface area contributed by atoms with Crippen molar-refractivity contribution in [3.63, 3.8) is 0 Å². The van der Waals surface area contributed by atoms with Crippen molar-refractivity contribution in [2.45, 2.75) is 6.54 Å². The molecule has 0 atom stereocenters. The molecule has 0 saturated carbocycles. The molecular formula is C11H11FN2O2. The molecule has 0 aliphatic heterocycles. The largest absolute Gasteiger partial charge is 0.496 e. The molecule has 1 aromatic carbocycles. The number of oxazole rings is 1.